The maximum Gasteiger partial charge on any atom is 0.135 e. The topological polar surface area (TPSA) is 16.4 Å². The first-order valence-corrected chi connectivity index (χ1v) is 19.2. The highest BCUT2D eigenvalue weighted by Gasteiger charge is 2.45. The second-order valence-electron chi connectivity index (χ2n) is 15.6. The summed E-state index contributed by atoms with van der Waals surface area (Å²) in [6.45, 7) is 4.92. The molecule has 0 saturated carbocycles. The van der Waals surface area contributed by atoms with E-state index in [1.165, 1.54) is 74.0 Å². The summed E-state index contributed by atoms with van der Waals surface area (Å²) in [5.74, 6) is 2.24. The third-order valence-corrected chi connectivity index (χ3v) is 12.2. The van der Waals surface area contributed by atoms with Crippen LogP contribution in [-0.4, -0.2) is 0 Å². The van der Waals surface area contributed by atoms with E-state index in [0.717, 1.165) is 35.6 Å². The number of hydrogen-bond acceptors (Lipinski definition) is 2. The van der Waals surface area contributed by atoms with Gasteiger partial charge in [-0.25, -0.2) is 0 Å². The maximum absolute atomic E-state index is 6.49. The molecule has 0 radical (unpaired) electrons. The number of allylic oxidation sites excluding steroid dienone is 3. The van der Waals surface area contributed by atoms with Gasteiger partial charge in [0.05, 0.1) is 0 Å². The van der Waals surface area contributed by atoms with Crippen molar-refractivity contribution in [3.63, 3.8) is 0 Å². The molecule has 10 rings (SSSR count). The highest BCUT2D eigenvalue weighted by atomic mass is 16.3. The molecule has 258 valence electrons. The van der Waals surface area contributed by atoms with E-state index in [9.17, 15) is 0 Å². The fourth-order valence-electron chi connectivity index (χ4n) is 9.46. The number of rotatable bonds is 6. The molecule has 0 fully saturated rings. The van der Waals surface area contributed by atoms with Crippen molar-refractivity contribution in [3.05, 3.63) is 180 Å². The van der Waals surface area contributed by atoms with Crippen LogP contribution in [0.3, 0.4) is 0 Å². The van der Waals surface area contributed by atoms with E-state index in [2.05, 4.69) is 183 Å². The Kier molecular flexibility index (Phi) is 7.61. The lowest BCUT2D eigenvalue weighted by molar-refractivity contribution is 0.301. The van der Waals surface area contributed by atoms with Crippen LogP contribution in [-0.2, 0) is 11.8 Å². The van der Waals surface area contributed by atoms with E-state index in [-0.39, 0.29) is 5.41 Å². The molecule has 3 aliphatic carbocycles. The van der Waals surface area contributed by atoms with Crippen LogP contribution in [0.5, 0.6) is 0 Å². The summed E-state index contributed by atoms with van der Waals surface area (Å²) >= 11 is 0. The van der Waals surface area contributed by atoms with Crippen LogP contribution >= 0.6 is 0 Å². The Hall–Kier alpha value is -5.86. The van der Waals surface area contributed by atoms with Gasteiger partial charge in [-0.05, 0) is 124 Å². The van der Waals surface area contributed by atoms with Crippen molar-refractivity contribution in [1.29, 1.82) is 0 Å². The lowest BCUT2D eigenvalue weighted by atomic mass is 9.72. The summed E-state index contributed by atoms with van der Waals surface area (Å²) in [4.78, 5) is 2.43. The van der Waals surface area contributed by atoms with Crippen molar-refractivity contribution < 1.29 is 4.42 Å². The Labute approximate surface area is 312 Å². The van der Waals surface area contributed by atoms with Gasteiger partial charge in [0.25, 0.3) is 0 Å². The molecule has 0 bridgehead atoms. The number of anilines is 3. The molecule has 0 aliphatic heterocycles. The third-order valence-electron chi connectivity index (χ3n) is 12.2. The van der Waals surface area contributed by atoms with E-state index in [4.69, 9.17) is 4.42 Å². The van der Waals surface area contributed by atoms with E-state index in [1.54, 1.807) is 0 Å². The van der Waals surface area contributed by atoms with E-state index in [0.29, 0.717) is 11.8 Å². The second-order valence-corrected chi connectivity index (χ2v) is 15.6. The van der Waals surface area contributed by atoms with Crippen molar-refractivity contribution >= 4 is 34.1 Å². The Morgan fingerprint density at radius 1 is 0.604 bits per heavy atom. The number of benzene rings is 6. The molecule has 6 aromatic carbocycles. The molecule has 2 heteroatoms. The second kappa shape index (κ2) is 12.7. The minimum absolute atomic E-state index is 0.112. The zero-order chi connectivity index (χ0) is 35.5. The highest BCUT2D eigenvalue weighted by molar-refractivity contribution is 5.99. The number of furan rings is 1. The molecule has 0 spiro atoms. The molecule has 2 nitrogen and oxygen atoms in total. The van der Waals surface area contributed by atoms with Crippen LogP contribution in [0.2, 0.25) is 0 Å². The fraction of sp³-hybridized carbons (Fsp3) is 0.176. The largest absolute Gasteiger partial charge is 0.460 e. The first kappa shape index (κ1) is 31.8. The summed E-state index contributed by atoms with van der Waals surface area (Å²) in [5, 5.41) is 1.19. The predicted octanol–water partition coefficient (Wildman–Crippen LogP) is 14.2. The number of aryl methyl sites for hydroxylation is 1. The summed E-state index contributed by atoms with van der Waals surface area (Å²) < 4.78 is 6.49. The third kappa shape index (κ3) is 5.39. The zero-order valence-electron chi connectivity index (χ0n) is 30.4. The molecule has 53 heavy (non-hydrogen) atoms. The smallest absolute Gasteiger partial charge is 0.135 e. The van der Waals surface area contributed by atoms with Gasteiger partial charge in [0.2, 0.25) is 0 Å². The molecular weight excluding hydrogens is 643 g/mol. The van der Waals surface area contributed by atoms with Crippen LogP contribution in [0.4, 0.5) is 17.1 Å². The average molecular weight is 686 g/mol. The molecule has 1 aromatic heterocycles. The SMILES string of the molecule is CC1(C)c2cc(N(c3ccc(-c4ccccc4)cc3)c3ccc(-c4cc5oc6c(c5cc4-c4ccccc4)C=CCC6)cc3)ccc2C2C=CCCC21. The summed E-state index contributed by atoms with van der Waals surface area (Å²) in [6, 6.07) is 51.4. The van der Waals surface area contributed by atoms with Gasteiger partial charge in [-0.15, -0.1) is 0 Å². The molecule has 7 aromatic rings. The van der Waals surface area contributed by atoms with Crippen molar-refractivity contribution in [1.82, 2.24) is 0 Å². The van der Waals surface area contributed by atoms with Gasteiger partial charge in [-0.3, -0.25) is 0 Å². The van der Waals surface area contributed by atoms with Crippen LogP contribution in [0, 0.1) is 5.92 Å². The molecular formula is C51H43NO. The van der Waals surface area contributed by atoms with Gasteiger partial charge >= 0.3 is 0 Å². The van der Waals surface area contributed by atoms with E-state index < -0.39 is 0 Å². The minimum Gasteiger partial charge on any atom is -0.460 e. The van der Waals surface area contributed by atoms with Crippen LogP contribution in [0.1, 0.15) is 61.5 Å². The quantitative estimate of drug-likeness (QED) is 0.162. The molecule has 2 atom stereocenters. The van der Waals surface area contributed by atoms with Crippen molar-refractivity contribution in [3.8, 4) is 33.4 Å². The zero-order valence-corrected chi connectivity index (χ0v) is 30.4. The molecule has 2 unspecified atom stereocenters. The highest BCUT2D eigenvalue weighted by Crippen LogP contribution is 2.55. The minimum atomic E-state index is 0.112. The Morgan fingerprint density at radius 2 is 1.23 bits per heavy atom. The molecule has 0 amide bonds. The van der Waals surface area contributed by atoms with Crippen molar-refractivity contribution in [2.24, 2.45) is 5.92 Å². The standard InChI is InChI=1S/C51H43NO/c1-51(2)47-19-11-9-17-41(47)42-30-29-40(31-48(42)51)52(38-25-21-35(22-26-38)34-13-5-3-6-14-34)39-27-23-37(24-28-39)45-33-50-46(43-18-10-12-20-49(43)53-50)32-44(45)36-15-7-4-8-16-36/h3-10,13-18,21-33,41,47H,11-12,19-20H2,1-2H3. The van der Waals surface area contributed by atoms with Gasteiger partial charge in [-0.2, -0.15) is 0 Å². The van der Waals surface area contributed by atoms with Gasteiger partial charge in [0.15, 0.2) is 0 Å². The first-order chi connectivity index (χ1) is 26.0. The number of nitrogens with zero attached hydrogens (tertiary/aromatic N) is 1. The first-order valence-electron chi connectivity index (χ1n) is 19.2. The lowest BCUT2D eigenvalue weighted by Gasteiger charge is -2.33. The molecule has 3 aliphatic rings. The van der Waals surface area contributed by atoms with Gasteiger partial charge in [0, 0.05) is 40.4 Å². The lowest BCUT2D eigenvalue weighted by Crippen LogP contribution is -2.26. The van der Waals surface area contributed by atoms with Gasteiger partial charge in [0.1, 0.15) is 11.3 Å². The normalized spacial score (nSPS) is 18.1. The predicted molar refractivity (Wildman–Crippen MR) is 222 cm³/mol. The average Bonchev–Trinajstić information content (AvgIpc) is 3.70. The van der Waals surface area contributed by atoms with Crippen LogP contribution in [0.25, 0.3) is 50.4 Å². The van der Waals surface area contributed by atoms with Gasteiger partial charge < -0.3 is 9.32 Å². The fourth-order valence-corrected chi connectivity index (χ4v) is 9.46. The van der Waals surface area contributed by atoms with E-state index in [1.807, 2.05) is 0 Å². The number of hydrogen-bond donors (Lipinski definition) is 0. The van der Waals surface area contributed by atoms with Crippen LogP contribution < -0.4 is 4.90 Å². The molecule has 1 heterocycles. The Morgan fingerprint density at radius 3 is 1.96 bits per heavy atom. The maximum atomic E-state index is 6.49. The summed E-state index contributed by atoms with van der Waals surface area (Å²) in [7, 11) is 0. The Bertz CT molecular complexity index is 2520. The monoisotopic (exact) mass is 685 g/mol. The van der Waals surface area contributed by atoms with Crippen molar-refractivity contribution in [2.75, 3.05) is 4.90 Å². The summed E-state index contributed by atoms with van der Waals surface area (Å²) in [6.07, 6.45) is 13.8. The Balaban J connectivity index is 1.09. The molecule has 0 saturated heterocycles. The summed E-state index contributed by atoms with van der Waals surface area (Å²) in [5.41, 5.74) is 16.0. The van der Waals surface area contributed by atoms with Gasteiger partial charge in [-0.1, -0.05) is 129 Å². The van der Waals surface area contributed by atoms with E-state index >= 15 is 0 Å². The van der Waals surface area contributed by atoms with Crippen molar-refractivity contribution in [2.45, 2.75) is 50.9 Å². The van der Waals surface area contributed by atoms with Crippen LogP contribution in [0.15, 0.2) is 162 Å². The number of fused-ring (bicyclic) bond motifs is 6. The molecule has 0 N–H and O–H groups in total.